The number of carboxylic acids is 1. The van der Waals surface area contributed by atoms with Crippen molar-refractivity contribution in [1.29, 1.82) is 0 Å². The molecule has 17 heavy (non-hydrogen) atoms. The fourth-order valence-electron chi connectivity index (χ4n) is 1.84. The Morgan fingerprint density at radius 3 is 2.47 bits per heavy atom. The van der Waals surface area contributed by atoms with Crippen LogP contribution in [-0.4, -0.2) is 40.9 Å². The molecule has 2 amide bonds. The largest absolute Gasteiger partial charge is 0.480 e. The summed E-state index contributed by atoms with van der Waals surface area (Å²) in [4.78, 5) is 34.4. The number of carboxylic acid groups (broad SMARTS) is 1. The highest BCUT2D eigenvalue weighted by molar-refractivity contribution is 5.88. The zero-order valence-electron chi connectivity index (χ0n) is 9.46. The highest BCUT2D eigenvalue weighted by Crippen LogP contribution is 2.20. The lowest BCUT2D eigenvalue weighted by Gasteiger charge is -2.25. The lowest BCUT2D eigenvalue weighted by Crippen LogP contribution is -2.44. The maximum atomic E-state index is 12.0. The normalized spacial score (nSPS) is 18.7. The quantitative estimate of drug-likeness (QED) is 0.646. The molecule has 1 unspecified atom stereocenters. The highest BCUT2D eigenvalue weighted by Gasteiger charge is 2.26. The summed E-state index contributed by atoms with van der Waals surface area (Å²) in [7, 11) is 0. The van der Waals surface area contributed by atoms with Gasteiger partial charge in [0.25, 0.3) is 0 Å². The molecule has 0 spiro atoms. The first-order valence-corrected chi connectivity index (χ1v) is 5.44. The van der Waals surface area contributed by atoms with E-state index in [9.17, 15) is 14.4 Å². The van der Waals surface area contributed by atoms with E-state index in [2.05, 4.69) is 0 Å². The highest BCUT2D eigenvalue weighted by atomic mass is 16.4. The van der Waals surface area contributed by atoms with Crippen molar-refractivity contribution >= 4 is 17.8 Å². The number of primary amides is 1. The van der Waals surface area contributed by atoms with Gasteiger partial charge in [0.15, 0.2) is 0 Å². The Balaban J connectivity index is 2.67. The summed E-state index contributed by atoms with van der Waals surface area (Å²) in [5, 5.41) is 8.68. The summed E-state index contributed by atoms with van der Waals surface area (Å²) < 4.78 is 0. The van der Waals surface area contributed by atoms with Gasteiger partial charge in [-0.15, -0.1) is 0 Å². The number of carbonyl (C=O) groups excluding carboxylic acids is 2. The van der Waals surface area contributed by atoms with Gasteiger partial charge in [-0.1, -0.05) is 12.2 Å². The third-order valence-electron chi connectivity index (χ3n) is 2.60. The van der Waals surface area contributed by atoms with Gasteiger partial charge in [0.1, 0.15) is 6.54 Å². The van der Waals surface area contributed by atoms with Crippen molar-refractivity contribution in [3.05, 3.63) is 12.2 Å². The third-order valence-corrected chi connectivity index (χ3v) is 2.60. The molecule has 1 aliphatic rings. The van der Waals surface area contributed by atoms with Crippen molar-refractivity contribution in [1.82, 2.24) is 4.90 Å². The minimum absolute atomic E-state index is 0.237. The summed E-state index contributed by atoms with van der Waals surface area (Å²) in [5.41, 5.74) is 5.00. The first kappa shape index (κ1) is 13.2. The zero-order chi connectivity index (χ0) is 12.8. The Morgan fingerprint density at radius 1 is 1.29 bits per heavy atom. The number of rotatable bonds is 5. The van der Waals surface area contributed by atoms with Gasteiger partial charge in [0.05, 0.1) is 6.54 Å². The molecule has 6 nitrogen and oxygen atoms in total. The Morgan fingerprint density at radius 2 is 2.00 bits per heavy atom. The van der Waals surface area contributed by atoms with Crippen LogP contribution in [0.3, 0.4) is 0 Å². The fourth-order valence-corrected chi connectivity index (χ4v) is 1.84. The van der Waals surface area contributed by atoms with Crippen molar-refractivity contribution in [2.24, 2.45) is 11.7 Å². The number of aliphatic carboxylic acids is 1. The molecule has 1 rings (SSSR count). The monoisotopic (exact) mass is 240 g/mol. The lowest BCUT2D eigenvalue weighted by atomic mass is 9.93. The zero-order valence-corrected chi connectivity index (χ0v) is 9.46. The molecule has 1 aliphatic carbocycles. The van der Waals surface area contributed by atoms with Gasteiger partial charge in [-0.05, 0) is 19.3 Å². The van der Waals surface area contributed by atoms with Crippen molar-refractivity contribution in [2.45, 2.75) is 19.3 Å². The van der Waals surface area contributed by atoms with E-state index in [4.69, 9.17) is 10.8 Å². The van der Waals surface area contributed by atoms with Crippen LogP contribution in [0, 0.1) is 5.92 Å². The first-order chi connectivity index (χ1) is 8.00. The number of hydrogen-bond acceptors (Lipinski definition) is 3. The van der Waals surface area contributed by atoms with Crippen molar-refractivity contribution in [3.8, 4) is 0 Å². The summed E-state index contributed by atoms with van der Waals surface area (Å²) in [5.74, 6) is -2.40. The smallest absolute Gasteiger partial charge is 0.323 e. The molecule has 3 N–H and O–H groups in total. The van der Waals surface area contributed by atoms with E-state index < -0.39 is 18.4 Å². The van der Waals surface area contributed by atoms with Crippen molar-refractivity contribution < 1.29 is 19.5 Å². The van der Waals surface area contributed by atoms with Gasteiger partial charge >= 0.3 is 5.97 Å². The molecule has 0 aromatic rings. The van der Waals surface area contributed by atoms with Crippen LogP contribution in [0.1, 0.15) is 19.3 Å². The van der Waals surface area contributed by atoms with Crippen LogP contribution in [0.25, 0.3) is 0 Å². The van der Waals surface area contributed by atoms with Crippen LogP contribution >= 0.6 is 0 Å². The Bertz CT molecular complexity index is 335. The van der Waals surface area contributed by atoms with Gasteiger partial charge in [-0.25, -0.2) is 0 Å². The lowest BCUT2D eigenvalue weighted by molar-refractivity contribution is -0.147. The van der Waals surface area contributed by atoms with E-state index in [1.807, 2.05) is 12.2 Å². The molecule has 0 aromatic heterocycles. The Kier molecular flexibility index (Phi) is 4.68. The third kappa shape index (κ3) is 4.26. The number of nitrogens with zero attached hydrogens (tertiary/aromatic N) is 1. The number of carbonyl (C=O) groups is 3. The fraction of sp³-hybridized carbons (Fsp3) is 0.545. The molecule has 0 bridgehead atoms. The topological polar surface area (TPSA) is 101 Å². The van der Waals surface area contributed by atoms with Crippen molar-refractivity contribution in [3.63, 3.8) is 0 Å². The van der Waals surface area contributed by atoms with Crippen molar-refractivity contribution in [2.75, 3.05) is 13.1 Å². The minimum Gasteiger partial charge on any atom is -0.480 e. The van der Waals surface area contributed by atoms with Gasteiger partial charge in [0, 0.05) is 5.92 Å². The summed E-state index contributed by atoms with van der Waals surface area (Å²) in [6, 6.07) is 0. The second-order valence-electron chi connectivity index (χ2n) is 4.04. The molecule has 0 fully saturated rings. The van der Waals surface area contributed by atoms with Gasteiger partial charge < -0.3 is 15.7 Å². The first-order valence-electron chi connectivity index (χ1n) is 5.44. The molecule has 6 heteroatoms. The molecular weight excluding hydrogens is 224 g/mol. The second-order valence-corrected chi connectivity index (χ2v) is 4.04. The van der Waals surface area contributed by atoms with Gasteiger partial charge in [-0.3, -0.25) is 14.4 Å². The Hall–Kier alpha value is -1.85. The summed E-state index contributed by atoms with van der Waals surface area (Å²) >= 11 is 0. The van der Waals surface area contributed by atoms with E-state index in [1.54, 1.807) is 0 Å². The number of nitrogens with two attached hydrogens (primary N) is 1. The SMILES string of the molecule is NC(=O)CN(CC(=O)O)C(=O)C1CC=CCC1. The minimum atomic E-state index is -1.15. The van der Waals surface area contributed by atoms with E-state index in [0.29, 0.717) is 12.8 Å². The standard InChI is InChI=1S/C11H16N2O4/c12-9(14)6-13(7-10(15)16)11(17)8-4-2-1-3-5-8/h1-2,8H,3-7H2,(H2,12,14)(H,15,16). The average Bonchev–Trinajstić information content (AvgIpc) is 2.27. The molecular formula is C11H16N2O4. The summed E-state index contributed by atoms with van der Waals surface area (Å²) in [6.45, 7) is -0.826. The van der Waals surface area contributed by atoms with E-state index in [1.165, 1.54) is 0 Å². The van der Waals surface area contributed by atoms with Crippen LogP contribution in [0.5, 0.6) is 0 Å². The Labute approximate surface area is 99.1 Å². The van der Waals surface area contributed by atoms with E-state index in [0.717, 1.165) is 11.3 Å². The van der Waals surface area contributed by atoms with Crippen LogP contribution in [0.2, 0.25) is 0 Å². The number of hydrogen-bond donors (Lipinski definition) is 2. The van der Waals surface area contributed by atoms with E-state index in [-0.39, 0.29) is 18.4 Å². The predicted molar refractivity (Wildman–Crippen MR) is 59.9 cm³/mol. The summed E-state index contributed by atoms with van der Waals surface area (Å²) in [6.07, 6.45) is 5.96. The number of allylic oxidation sites excluding steroid dienone is 2. The molecule has 1 atom stereocenters. The molecule has 0 heterocycles. The predicted octanol–water partition coefficient (Wildman–Crippen LogP) is -0.259. The maximum absolute atomic E-state index is 12.0. The number of amides is 2. The van der Waals surface area contributed by atoms with Crippen LogP contribution in [0.4, 0.5) is 0 Å². The molecule has 0 aromatic carbocycles. The van der Waals surface area contributed by atoms with Gasteiger partial charge in [0.2, 0.25) is 11.8 Å². The van der Waals surface area contributed by atoms with Crippen LogP contribution in [-0.2, 0) is 14.4 Å². The average molecular weight is 240 g/mol. The molecule has 0 radical (unpaired) electrons. The maximum Gasteiger partial charge on any atom is 0.323 e. The molecule has 0 aliphatic heterocycles. The van der Waals surface area contributed by atoms with E-state index >= 15 is 0 Å². The van der Waals surface area contributed by atoms with Crippen LogP contribution in [0.15, 0.2) is 12.2 Å². The van der Waals surface area contributed by atoms with Crippen LogP contribution < -0.4 is 5.73 Å². The molecule has 0 saturated heterocycles. The molecule has 0 saturated carbocycles. The van der Waals surface area contributed by atoms with Gasteiger partial charge in [-0.2, -0.15) is 0 Å². The molecule has 94 valence electrons. The second kappa shape index (κ2) is 6.03.